The van der Waals surface area contributed by atoms with Gasteiger partial charge in [0, 0.05) is 26.4 Å². The minimum Gasteiger partial charge on any atom is -0.326 e. The van der Waals surface area contributed by atoms with Crippen LogP contribution in [0.2, 0.25) is 15.1 Å². The van der Waals surface area contributed by atoms with Gasteiger partial charge < -0.3 is 10.6 Å². The zero-order valence-electron chi connectivity index (χ0n) is 12.1. The van der Waals surface area contributed by atoms with Gasteiger partial charge in [0.1, 0.15) is 6.42 Å². The van der Waals surface area contributed by atoms with Gasteiger partial charge in [-0.3, -0.25) is 9.59 Å². The molecule has 23 heavy (non-hydrogen) atoms. The quantitative estimate of drug-likeness (QED) is 0.749. The lowest BCUT2D eigenvalue weighted by atomic mass is 10.2. The van der Waals surface area contributed by atoms with E-state index in [9.17, 15) is 9.59 Å². The first-order valence-corrected chi connectivity index (χ1v) is 7.79. The van der Waals surface area contributed by atoms with Crippen LogP contribution in [0.3, 0.4) is 0 Å². The van der Waals surface area contributed by atoms with Crippen LogP contribution in [0.4, 0.5) is 11.4 Å². The number of anilines is 2. The van der Waals surface area contributed by atoms with Gasteiger partial charge in [-0.1, -0.05) is 40.9 Å². The first-order chi connectivity index (χ1) is 10.8. The Hall–Kier alpha value is -1.75. The second-order valence-electron chi connectivity index (χ2n) is 4.84. The molecule has 120 valence electrons. The second-order valence-corrected chi connectivity index (χ2v) is 6.12. The summed E-state index contributed by atoms with van der Waals surface area (Å²) in [4.78, 5) is 23.8. The normalized spacial score (nSPS) is 10.3. The number of halogens is 3. The van der Waals surface area contributed by atoms with Gasteiger partial charge in [-0.05, 0) is 42.8 Å². The number of carbonyl (C=O) groups excluding carboxylic acids is 2. The third-order valence-corrected chi connectivity index (χ3v) is 3.86. The minimum atomic E-state index is -0.472. The van der Waals surface area contributed by atoms with E-state index in [1.807, 2.05) is 0 Å². The van der Waals surface area contributed by atoms with Crippen molar-refractivity contribution in [2.45, 2.75) is 13.3 Å². The first kappa shape index (κ1) is 17.6. The molecule has 0 aliphatic heterocycles. The molecule has 0 bridgehead atoms. The van der Waals surface area contributed by atoms with Crippen LogP contribution >= 0.6 is 34.8 Å². The molecule has 0 heterocycles. The molecule has 2 rings (SSSR count). The summed E-state index contributed by atoms with van der Waals surface area (Å²) >= 11 is 17.7. The molecule has 0 aliphatic rings. The Morgan fingerprint density at radius 2 is 1.57 bits per heavy atom. The van der Waals surface area contributed by atoms with E-state index in [0.29, 0.717) is 26.4 Å². The fourth-order valence-corrected chi connectivity index (χ4v) is 2.61. The highest BCUT2D eigenvalue weighted by Crippen LogP contribution is 2.24. The fourth-order valence-electron chi connectivity index (χ4n) is 1.91. The van der Waals surface area contributed by atoms with Crippen molar-refractivity contribution in [1.29, 1.82) is 0 Å². The van der Waals surface area contributed by atoms with Gasteiger partial charge in [-0.25, -0.2) is 0 Å². The summed E-state index contributed by atoms with van der Waals surface area (Å²) in [5.41, 5.74) is 1.74. The molecule has 0 aliphatic carbocycles. The van der Waals surface area contributed by atoms with Gasteiger partial charge in [0.25, 0.3) is 0 Å². The third kappa shape index (κ3) is 5.13. The monoisotopic (exact) mass is 370 g/mol. The SMILES string of the molecule is Cc1c(Cl)cccc1NC(=O)CC(=O)Nc1cc(Cl)cc(Cl)c1. The molecule has 2 aromatic carbocycles. The Morgan fingerprint density at radius 3 is 2.22 bits per heavy atom. The van der Waals surface area contributed by atoms with Crippen LogP contribution in [0, 0.1) is 6.92 Å². The maximum atomic E-state index is 11.9. The van der Waals surface area contributed by atoms with E-state index >= 15 is 0 Å². The molecule has 0 unspecified atom stereocenters. The van der Waals surface area contributed by atoms with Crippen LogP contribution in [0.15, 0.2) is 36.4 Å². The van der Waals surface area contributed by atoms with Crippen LogP contribution in [0.1, 0.15) is 12.0 Å². The number of nitrogens with one attached hydrogen (secondary N) is 2. The van der Waals surface area contributed by atoms with E-state index < -0.39 is 11.8 Å². The summed E-state index contributed by atoms with van der Waals surface area (Å²) < 4.78 is 0. The highest BCUT2D eigenvalue weighted by Gasteiger charge is 2.12. The number of hydrogen-bond acceptors (Lipinski definition) is 2. The van der Waals surface area contributed by atoms with Gasteiger partial charge in [0.05, 0.1) is 0 Å². The summed E-state index contributed by atoms with van der Waals surface area (Å²) in [5.74, 6) is -0.915. The van der Waals surface area contributed by atoms with Crippen LogP contribution in [-0.4, -0.2) is 11.8 Å². The summed E-state index contributed by atoms with van der Waals surface area (Å²) in [6.45, 7) is 1.78. The zero-order valence-corrected chi connectivity index (χ0v) is 14.4. The lowest BCUT2D eigenvalue weighted by molar-refractivity contribution is -0.123. The smallest absolute Gasteiger partial charge is 0.233 e. The fraction of sp³-hybridized carbons (Fsp3) is 0.125. The molecule has 2 aromatic rings. The molecule has 0 aromatic heterocycles. The molecule has 0 atom stereocenters. The predicted octanol–water partition coefficient (Wildman–Crippen LogP) is 4.92. The van der Waals surface area contributed by atoms with Crippen molar-refractivity contribution < 1.29 is 9.59 Å². The summed E-state index contributed by atoms with van der Waals surface area (Å²) in [6, 6.07) is 9.80. The van der Waals surface area contributed by atoms with Gasteiger partial charge >= 0.3 is 0 Å². The topological polar surface area (TPSA) is 58.2 Å². The molecular weight excluding hydrogens is 359 g/mol. The molecule has 0 spiro atoms. The van der Waals surface area contributed by atoms with Crippen molar-refractivity contribution in [2.24, 2.45) is 0 Å². The van der Waals surface area contributed by atoms with Gasteiger partial charge in [-0.2, -0.15) is 0 Å². The summed E-state index contributed by atoms with van der Waals surface area (Å²) in [6.07, 6.45) is -0.337. The molecule has 4 nitrogen and oxygen atoms in total. The molecule has 0 saturated heterocycles. The van der Waals surface area contributed by atoms with Crippen LogP contribution < -0.4 is 10.6 Å². The molecule has 0 radical (unpaired) electrons. The lowest BCUT2D eigenvalue weighted by Crippen LogP contribution is -2.21. The molecule has 7 heteroatoms. The Balaban J connectivity index is 1.97. The van der Waals surface area contributed by atoms with E-state index in [1.165, 1.54) is 0 Å². The largest absolute Gasteiger partial charge is 0.326 e. The van der Waals surface area contributed by atoms with Crippen molar-refractivity contribution in [3.63, 3.8) is 0 Å². The molecule has 2 amide bonds. The Labute approximate surface area is 148 Å². The number of rotatable bonds is 4. The van der Waals surface area contributed by atoms with E-state index in [2.05, 4.69) is 10.6 Å². The third-order valence-electron chi connectivity index (χ3n) is 3.01. The predicted molar refractivity (Wildman–Crippen MR) is 94.5 cm³/mol. The summed E-state index contributed by atoms with van der Waals surface area (Å²) in [5, 5.41) is 6.56. The van der Waals surface area contributed by atoms with Crippen molar-refractivity contribution in [2.75, 3.05) is 10.6 Å². The number of carbonyl (C=O) groups is 2. The van der Waals surface area contributed by atoms with Crippen LogP contribution in [0.25, 0.3) is 0 Å². The zero-order chi connectivity index (χ0) is 17.0. The number of amides is 2. The van der Waals surface area contributed by atoms with E-state index in [4.69, 9.17) is 34.8 Å². The standard InChI is InChI=1S/C16H13Cl3N2O2/c1-9-13(19)3-2-4-14(9)21-16(23)8-15(22)20-12-6-10(17)5-11(18)7-12/h2-7H,8H2,1H3,(H,20,22)(H,21,23). The Bertz CT molecular complexity index is 743. The Morgan fingerprint density at radius 1 is 0.957 bits per heavy atom. The molecule has 0 saturated carbocycles. The highest BCUT2D eigenvalue weighted by molar-refractivity contribution is 6.35. The molecule has 2 N–H and O–H groups in total. The highest BCUT2D eigenvalue weighted by atomic mass is 35.5. The maximum absolute atomic E-state index is 11.9. The van der Waals surface area contributed by atoms with Crippen LogP contribution in [-0.2, 0) is 9.59 Å². The molecule has 0 fully saturated rings. The minimum absolute atomic E-state index is 0.337. The summed E-state index contributed by atoms with van der Waals surface area (Å²) in [7, 11) is 0. The van der Waals surface area contributed by atoms with Crippen molar-refractivity contribution in [3.8, 4) is 0 Å². The van der Waals surface area contributed by atoms with Crippen molar-refractivity contribution >= 4 is 58.0 Å². The average Bonchev–Trinajstić information content (AvgIpc) is 2.42. The van der Waals surface area contributed by atoms with Gasteiger partial charge in [0.2, 0.25) is 11.8 Å². The van der Waals surface area contributed by atoms with Gasteiger partial charge in [0.15, 0.2) is 0 Å². The second kappa shape index (κ2) is 7.68. The van der Waals surface area contributed by atoms with Crippen LogP contribution in [0.5, 0.6) is 0 Å². The molecular formula is C16H13Cl3N2O2. The number of hydrogen-bond donors (Lipinski definition) is 2. The van der Waals surface area contributed by atoms with E-state index in [-0.39, 0.29) is 6.42 Å². The van der Waals surface area contributed by atoms with Crippen molar-refractivity contribution in [1.82, 2.24) is 0 Å². The number of benzene rings is 2. The van der Waals surface area contributed by atoms with Gasteiger partial charge in [-0.15, -0.1) is 0 Å². The lowest BCUT2D eigenvalue weighted by Gasteiger charge is -2.10. The Kier molecular flexibility index (Phi) is 5.88. The van der Waals surface area contributed by atoms with Crippen molar-refractivity contribution in [3.05, 3.63) is 57.0 Å². The van der Waals surface area contributed by atoms with E-state index in [1.54, 1.807) is 43.3 Å². The maximum Gasteiger partial charge on any atom is 0.233 e. The average molecular weight is 372 g/mol. The van der Waals surface area contributed by atoms with E-state index in [0.717, 1.165) is 5.56 Å². The first-order valence-electron chi connectivity index (χ1n) is 6.66.